The Hall–Kier alpha value is -2.31. The quantitative estimate of drug-likeness (QED) is 0.902. The zero-order valence-electron chi connectivity index (χ0n) is 12.2. The molecular weight excluding hydrogens is 295 g/mol. The number of benzene rings is 1. The van der Waals surface area contributed by atoms with Crippen molar-refractivity contribution in [1.82, 2.24) is 9.97 Å². The number of nitrogens with zero attached hydrogens (tertiary/aromatic N) is 2. The SMILES string of the molecule is CC(C)c1cc(CNc2ncccn2)cc(OC(F)(F)F)c1. The van der Waals surface area contributed by atoms with Crippen molar-refractivity contribution in [3.05, 3.63) is 47.8 Å². The van der Waals surface area contributed by atoms with E-state index in [1.807, 2.05) is 19.9 Å². The van der Waals surface area contributed by atoms with Gasteiger partial charge in [-0.15, -0.1) is 13.2 Å². The second-order valence-corrected chi connectivity index (χ2v) is 5.04. The van der Waals surface area contributed by atoms with E-state index in [9.17, 15) is 13.2 Å². The minimum absolute atomic E-state index is 0.0866. The van der Waals surface area contributed by atoms with Gasteiger partial charge in [0.2, 0.25) is 5.95 Å². The zero-order valence-corrected chi connectivity index (χ0v) is 12.2. The van der Waals surface area contributed by atoms with Gasteiger partial charge in [-0.3, -0.25) is 0 Å². The monoisotopic (exact) mass is 311 g/mol. The lowest BCUT2D eigenvalue weighted by atomic mass is 10.0. The number of alkyl halides is 3. The molecule has 2 rings (SSSR count). The number of rotatable bonds is 5. The molecule has 0 radical (unpaired) electrons. The minimum Gasteiger partial charge on any atom is -0.406 e. The number of halogens is 3. The van der Waals surface area contributed by atoms with Crippen LogP contribution in [0.1, 0.15) is 30.9 Å². The zero-order chi connectivity index (χ0) is 16.2. The Morgan fingerprint density at radius 1 is 1.14 bits per heavy atom. The van der Waals surface area contributed by atoms with E-state index in [0.717, 1.165) is 5.56 Å². The molecule has 0 bridgehead atoms. The van der Waals surface area contributed by atoms with Gasteiger partial charge in [-0.2, -0.15) is 0 Å². The lowest BCUT2D eigenvalue weighted by Crippen LogP contribution is -2.17. The summed E-state index contributed by atoms with van der Waals surface area (Å²) in [5.41, 5.74) is 1.44. The average Bonchev–Trinajstić information content (AvgIpc) is 2.44. The topological polar surface area (TPSA) is 47.0 Å². The highest BCUT2D eigenvalue weighted by molar-refractivity contribution is 5.38. The van der Waals surface area contributed by atoms with Crippen LogP contribution in [0.2, 0.25) is 0 Å². The first-order chi connectivity index (χ1) is 10.3. The number of hydrogen-bond donors (Lipinski definition) is 1. The first kappa shape index (κ1) is 16.1. The molecule has 7 heteroatoms. The van der Waals surface area contributed by atoms with Crippen LogP contribution in [0.4, 0.5) is 19.1 Å². The van der Waals surface area contributed by atoms with Gasteiger partial charge < -0.3 is 10.1 Å². The number of nitrogens with one attached hydrogen (secondary N) is 1. The van der Waals surface area contributed by atoms with Crippen molar-refractivity contribution >= 4 is 5.95 Å². The van der Waals surface area contributed by atoms with Crippen LogP contribution in [0.5, 0.6) is 5.75 Å². The molecule has 0 fully saturated rings. The number of anilines is 1. The van der Waals surface area contributed by atoms with Crippen molar-refractivity contribution in [2.45, 2.75) is 32.7 Å². The number of aromatic nitrogens is 2. The fourth-order valence-electron chi connectivity index (χ4n) is 1.89. The van der Waals surface area contributed by atoms with Crippen LogP contribution >= 0.6 is 0 Å². The minimum atomic E-state index is -4.71. The molecule has 0 saturated carbocycles. The maximum atomic E-state index is 12.4. The highest BCUT2D eigenvalue weighted by atomic mass is 19.4. The van der Waals surface area contributed by atoms with Gasteiger partial charge in [-0.1, -0.05) is 19.9 Å². The summed E-state index contributed by atoms with van der Waals surface area (Å²) in [4.78, 5) is 8.00. The van der Waals surface area contributed by atoms with Gasteiger partial charge in [-0.25, -0.2) is 9.97 Å². The van der Waals surface area contributed by atoms with Crippen LogP contribution in [-0.4, -0.2) is 16.3 Å². The summed E-state index contributed by atoms with van der Waals surface area (Å²) in [6, 6.07) is 6.28. The molecule has 1 aromatic heterocycles. The Morgan fingerprint density at radius 2 is 1.82 bits per heavy atom. The largest absolute Gasteiger partial charge is 0.573 e. The fourth-order valence-corrected chi connectivity index (χ4v) is 1.89. The summed E-state index contributed by atoms with van der Waals surface area (Å²) >= 11 is 0. The molecule has 0 spiro atoms. The van der Waals surface area contributed by atoms with Crippen LogP contribution < -0.4 is 10.1 Å². The van der Waals surface area contributed by atoms with Crippen molar-refractivity contribution in [3.63, 3.8) is 0 Å². The van der Waals surface area contributed by atoms with E-state index >= 15 is 0 Å². The molecule has 22 heavy (non-hydrogen) atoms. The first-order valence-corrected chi connectivity index (χ1v) is 6.74. The van der Waals surface area contributed by atoms with Crippen LogP contribution in [0, 0.1) is 0 Å². The Kier molecular flexibility index (Phi) is 4.85. The van der Waals surface area contributed by atoms with Gasteiger partial charge >= 0.3 is 6.36 Å². The molecular formula is C15H16F3N3O. The van der Waals surface area contributed by atoms with Gasteiger partial charge in [0.05, 0.1) is 0 Å². The van der Waals surface area contributed by atoms with E-state index in [-0.39, 0.29) is 11.7 Å². The Morgan fingerprint density at radius 3 is 2.41 bits per heavy atom. The number of ether oxygens (including phenoxy) is 1. The Bertz CT molecular complexity index is 615. The summed E-state index contributed by atoms with van der Waals surface area (Å²) in [5.74, 6) is 0.281. The molecule has 0 aliphatic rings. The number of hydrogen-bond acceptors (Lipinski definition) is 4. The van der Waals surface area contributed by atoms with E-state index in [0.29, 0.717) is 18.1 Å². The van der Waals surface area contributed by atoms with E-state index in [2.05, 4.69) is 20.0 Å². The predicted molar refractivity (Wildman–Crippen MR) is 76.6 cm³/mol. The van der Waals surface area contributed by atoms with Crippen molar-refractivity contribution in [2.75, 3.05) is 5.32 Å². The average molecular weight is 311 g/mol. The second-order valence-electron chi connectivity index (χ2n) is 5.04. The molecule has 0 atom stereocenters. The molecule has 0 unspecified atom stereocenters. The van der Waals surface area contributed by atoms with Crippen LogP contribution in [0.3, 0.4) is 0 Å². The van der Waals surface area contributed by atoms with E-state index in [4.69, 9.17) is 0 Å². The Balaban J connectivity index is 2.18. The summed E-state index contributed by atoms with van der Waals surface area (Å²) in [6.45, 7) is 4.12. The molecule has 0 aliphatic heterocycles. The van der Waals surface area contributed by atoms with Crippen LogP contribution in [-0.2, 0) is 6.54 Å². The lowest BCUT2D eigenvalue weighted by Gasteiger charge is -2.14. The smallest absolute Gasteiger partial charge is 0.406 e. The van der Waals surface area contributed by atoms with Gasteiger partial charge in [0, 0.05) is 18.9 Å². The van der Waals surface area contributed by atoms with E-state index in [1.54, 1.807) is 18.5 Å². The molecule has 2 aromatic rings. The van der Waals surface area contributed by atoms with Crippen molar-refractivity contribution in [2.24, 2.45) is 0 Å². The normalized spacial score (nSPS) is 11.5. The third-order valence-corrected chi connectivity index (χ3v) is 2.91. The fraction of sp³-hybridized carbons (Fsp3) is 0.333. The third kappa shape index (κ3) is 4.91. The molecule has 1 heterocycles. The first-order valence-electron chi connectivity index (χ1n) is 6.74. The maximum Gasteiger partial charge on any atom is 0.573 e. The summed E-state index contributed by atoms with van der Waals surface area (Å²) in [5, 5.41) is 2.96. The highest BCUT2D eigenvalue weighted by Crippen LogP contribution is 2.28. The molecule has 4 nitrogen and oxygen atoms in total. The third-order valence-electron chi connectivity index (χ3n) is 2.91. The highest BCUT2D eigenvalue weighted by Gasteiger charge is 2.31. The van der Waals surface area contributed by atoms with Gasteiger partial charge in [0.1, 0.15) is 5.75 Å². The maximum absolute atomic E-state index is 12.4. The van der Waals surface area contributed by atoms with Crippen molar-refractivity contribution < 1.29 is 17.9 Å². The summed E-state index contributed by atoms with van der Waals surface area (Å²) < 4.78 is 41.2. The van der Waals surface area contributed by atoms with Gasteiger partial charge in [-0.05, 0) is 35.2 Å². The molecule has 118 valence electrons. The van der Waals surface area contributed by atoms with E-state index in [1.165, 1.54) is 12.1 Å². The molecule has 0 saturated heterocycles. The second kappa shape index (κ2) is 6.64. The summed E-state index contributed by atoms with van der Waals surface area (Å²) in [6.07, 6.45) is -1.54. The van der Waals surface area contributed by atoms with Crippen LogP contribution in [0.25, 0.3) is 0 Å². The lowest BCUT2D eigenvalue weighted by molar-refractivity contribution is -0.274. The van der Waals surface area contributed by atoms with Crippen molar-refractivity contribution in [3.8, 4) is 5.75 Å². The van der Waals surface area contributed by atoms with Crippen LogP contribution in [0.15, 0.2) is 36.7 Å². The standard InChI is InChI=1S/C15H16F3N3O/c1-10(2)12-6-11(7-13(8-12)22-15(16,17)18)9-21-14-19-4-3-5-20-14/h3-8,10H,9H2,1-2H3,(H,19,20,21). The molecule has 1 aromatic carbocycles. The molecule has 0 amide bonds. The predicted octanol–water partition coefficient (Wildman–Crippen LogP) is 4.11. The van der Waals surface area contributed by atoms with Gasteiger partial charge in [0.15, 0.2) is 0 Å². The molecule has 0 aliphatic carbocycles. The van der Waals surface area contributed by atoms with Gasteiger partial charge in [0.25, 0.3) is 0 Å². The molecule has 1 N–H and O–H groups in total. The van der Waals surface area contributed by atoms with E-state index < -0.39 is 6.36 Å². The van der Waals surface area contributed by atoms with Crippen molar-refractivity contribution in [1.29, 1.82) is 0 Å². The summed E-state index contributed by atoms with van der Waals surface area (Å²) in [7, 11) is 0. The Labute approximate surface area is 126 Å².